The van der Waals surface area contributed by atoms with Crippen molar-refractivity contribution in [2.24, 2.45) is 12.0 Å². The lowest BCUT2D eigenvalue weighted by atomic mass is 10.1. The first-order chi connectivity index (χ1) is 13.2. The van der Waals surface area contributed by atoms with Gasteiger partial charge in [0, 0.05) is 38.6 Å². The summed E-state index contributed by atoms with van der Waals surface area (Å²) in [5, 5.41) is 11.0. The summed E-state index contributed by atoms with van der Waals surface area (Å²) in [6, 6.07) is 7.03. The van der Waals surface area contributed by atoms with Crippen LogP contribution in [0.2, 0.25) is 0 Å². The Bertz CT molecular complexity index is 915. The lowest BCUT2D eigenvalue weighted by molar-refractivity contribution is 0.602. The fourth-order valence-electron chi connectivity index (χ4n) is 3.03. The van der Waals surface area contributed by atoms with E-state index >= 15 is 0 Å². The SMILES string of the molecule is CCNC(=NCCc1c(C)nn(C)c1C)NCCc1ccc(S(C)(=O)=O)cc1. The number of nitrogens with one attached hydrogen (secondary N) is 2. The number of sulfone groups is 1. The Morgan fingerprint density at radius 2 is 1.82 bits per heavy atom. The molecule has 0 spiro atoms. The Balaban J connectivity index is 1.89. The fourth-order valence-corrected chi connectivity index (χ4v) is 3.66. The van der Waals surface area contributed by atoms with E-state index in [1.165, 1.54) is 17.5 Å². The third-order valence-electron chi connectivity index (χ3n) is 4.69. The van der Waals surface area contributed by atoms with Gasteiger partial charge in [-0.05, 0) is 56.9 Å². The molecule has 154 valence electrons. The van der Waals surface area contributed by atoms with Gasteiger partial charge in [0.2, 0.25) is 0 Å². The van der Waals surface area contributed by atoms with Crippen molar-refractivity contribution in [3.05, 3.63) is 46.8 Å². The van der Waals surface area contributed by atoms with Gasteiger partial charge in [-0.3, -0.25) is 9.67 Å². The predicted molar refractivity (Wildman–Crippen MR) is 114 cm³/mol. The number of aryl methyl sites for hydroxylation is 2. The number of hydrogen-bond acceptors (Lipinski definition) is 4. The quantitative estimate of drug-likeness (QED) is 0.516. The molecule has 0 radical (unpaired) electrons. The molecule has 2 aromatic rings. The zero-order chi connectivity index (χ0) is 20.7. The van der Waals surface area contributed by atoms with E-state index in [4.69, 9.17) is 0 Å². The first-order valence-corrected chi connectivity index (χ1v) is 11.4. The number of nitrogens with zero attached hydrogens (tertiary/aromatic N) is 3. The van der Waals surface area contributed by atoms with E-state index in [1.807, 2.05) is 37.7 Å². The van der Waals surface area contributed by atoms with Crippen molar-refractivity contribution in [3.8, 4) is 0 Å². The molecule has 0 aliphatic carbocycles. The summed E-state index contributed by atoms with van der Waals surface area (Å²) in [5.41, 5.74) is 4.58. The third-order valence-corrected chi connectivity index (χ3v) is 5.82. The average molecular weight is 406 g/mol. The summed E-state index contributed by atoms with van der Waals surface area (Å²) in [7, 11) is -1.19. The van der Waals surface area contributed by atoms with Gasteiger partial charge < -0.3 is 10.6 Å². The summed E-state index contributed by atoms with van der Waals surface area (Å²) in [4.78, 5) is 5.00. The molecule has 0 amide bonds. The number of guanidine groups is 1. The monoisotopic (exact) mass is 405 g/mol. The van der Waals surface area contributed by atoms with Crippen molar-refractivity contribution >= 4 is 15.8 Å². The van der Waals surface area contributed by atoms with Crippen LogP contribution < -0.4 is 10.6 Å². The number of rotatable bonds is 8. The van der Waals surface area contributed by atoms with Crippen LogP contribution in [0.15, 0.2) is 34.2 Å². The second-order valence-electron chi connectivity index (χ2n) is 6.88. The molecule has 0 aliphatic rings. The van der Waals surface area contributed by atoms with Crippen LogP contribution >= 0.6 is 0 Å². The van der Waals surface area contributed by atoms with Gasteiger partial charge in [-0.25, -0.2) is 8.42 Å². The lowest BCUT2D eigenvalue weighted by Crippen LogP contribution is -2.38. The fraction of sp³-hybridized carbons (Fsp3) is 0.500. The summed E-state index contributed by atoms with van der Waals surface area (Å²) >= 11 is 0. The van der Waals surface area contributed by atoms with Gasteiger partial charge in [-0.2, -0.15) is 5.10 Å². The van der Waals surface area contributed by atoms with Gasteiger partial charge in [-0.15, -0.1) is 0 Å². The topological polar surface area (TPSA) is 88.4 Å². The van der Waals surface area contributed by atoms with Crippen LogP contribution in [0.4, 0.5) is 0 Å². The number of aliphatic imine (C=N–C) groups is 1. The molecule has 28 heavy (non-hydrogen) atoms. The van der Waals surface area contributed by atoms with Crippen LogP contribution in [0.3, 0.4) is 0 Å². The van der Waals surface area contributed by atoms with Gasteiger partial charge in [0.1, 0.15) is 0 Å². The maximum absolute atomic E-state index is 11.5. The standard InChI is InChI=1S/C20H31N5O2S/c1-6-21-20(23-14-12-19-15(2)24-25(4)16(19)3)22-13-11-17-7-9-18(10-8-17)28(5,26)27/h7-10H,6,11-14H2,1-5H3,(H2,21,22,23). The van der Waals surface area contributed by atoms with Crippen molar-refractivity contribution in [1.82, 2.24) is 20.4 Å². The smallest absolute Gasteiger partial charge is 0.191 e. The molecular weight excluding hydrogens is 374 g/mol. The summed E-state index contributed by atoms with van der Waals surface area (Å²) in [6.45, 7) is 8.35. The molecule has 1 heterocycles. The Morgan fingerprint density at radius 1 is 1.14 bits per heavy atom. The van der Waals surface area contributed by atoms with Crippen molar-refractivity contribution in [3.63, 3.8) is 0 Å². The van der Waals surface area contributed by atoms with Crippen molar-refractivity contribution in [2.45, 2.75) is 38.5 Å². The van der Waals surface area contributed by atoms with Crippen LogP contribution in [0.5, 0.6) is 0 Å². The van der Waals surface area contributed by atoms with E-state index < -0.39 is 9.84 Å². The molecule has 0 saturated carbocycles. The Kier molecular flexibility index (Phi) is 7.62. The van der Waals surface area contributed by atoms with E-state index in [-0.39, 0.29) is 0 Å². The Morgan fingerprint density at radius 3 is 2.36 bits per heavy atom. The summed E-state index contributed by atoms with van der Waals surface area (Å²) in [6.07, 6.45) is 2.86. The molecule has 0 fully saturated rings. The minimum absolute atomic E-state index is 0.347. The predicted octanol–water partition coefficient (Wildman–Crippen LogP) is 1.78. The van der Waals surface area contributed by atoms with E-state index in [9.17, 15) is 8.42 Å². The highest BCUT2D eigenvalue weighted by Crippen LogP contribution is 2.12. The van der Waals surface area contributed by atoms with Crippen molar-refractivity contribution < 1.29 is 8.42 Å². The van der Waals surface area contributed by atoms with E-state index in [0.717, 1.165) is 43.1 Å². The zero-order valence-electron chi connectivity index (χ0n) is 17.4. The zero-order valence-corrected chi connectivity index (χ0v) is 18.2. The normalized spacial score (nSPS) is 12.2. The van der Waals surface area contributed by atoms with E-state index in [2.05, 4.69) is 27.6 Å². The first kappa shape index (κ1) is 21.9. The molecule has 2 N–H and O–H groups in total. The highest BCUT2D eigenvalue weighted by Gasteiger charge is 2.09. The molecule has 1 aromatic heterocycles. The Hall–Kier alpha value is -2.35. The van der Waals surface area contributed by atoms with E-state index in [1.54, 1.807) is 12.1 Å². The van der Waals surface area contributed by atoms with Crippen LogP contribution in [-0.2, 0) is 29.7 Å². The molecular formula is C20H31N5O2S. The second-order valence-corrected chi connectivity index (χ2v) is 8.89. The molecule has 7 nitrogen and oxygen atoms in total. The maximum Gasteiger partial charge on any atom is 0.191 e. The second kappa shape index (κ2) is 9.73. The van der Waals surface area contributed by atoms with Crippen LogP contribution in [-0.4, -0.2) is 50.0 Å². The van der Waals surface area contributed by atoms with Crippen LogP contribution in [0.25, 0.3) is 0 Å². The van der Waals surface area contributed by atoms with Gasteiger partial charge in [0.15, 0.2) is 15.8 Å². The molecule has 0 aliphatic heterocycles. The molecule has 8 heteroatoms. The minimum atomic E-state index is -3.15. The summed E-state index contributed by atoms with van der Waals surface area (Å²) < 4.78 is 25.0. The van der Waals surface area contributed by atoms with Gasteiger partial charge in [0.25, 0.3) is 0 Å². The number of hydrogen-bond donors (Lipinski definition) is 2. The molecule has 0 unspecified atom stereocenters. The summed E-state index contributed by atoms with van der Waals surface area (Å²) in [5.74, 6) is 0.787. The van der Waals surface area contributed by atoms with Crippen LogP contribution in [0.1, 0.15) is 29.4 Å². The van der Waals surface area contributed by atoms with E-state index in [0.29, 0.717) is 11.4 Å². The largest absolute Gasteiger partial charge is 0.357 e. The molecule has 0 bridgehead atoms. The number of benzene rings is 1. The highest BCUT2D eigenvalue weighted by molar-refractivity contribution is 7.90. The van der Waals surface area contributed by atoms with Crippen molar-refractivity contribution in [2.75, 3.05) is 25.9 Å². The first-order valence-electron chi connectivity index (χ1n) is 9.52. The molecule has 0 saturated heterocycles. The molecule has 1 aromatic carbocycles. The third kappa shape index (κ3) is 6.09. The maximum atomic E-state index is 11.5. The Labute approximate surface area is 168 Å². The minimum Gasteiger partial charge on any atom is -0.357 e. The van der Waals surface area contributed by atoms with Gasteiger partial charge >= 0.3 is 0 Å². The molecule has 0 atom stereocenters. The van der Waals surface area contributed by atoms with Crippen LogP contribution in [0, 0.1) is 13.8 Å². The average Bonchev–Trinajstić information content (AvgIpc) is 2.87. The van der Waals surface area contributed by atoms with Gasteiger partial charge in [-0.1, -0.05) is 12.1 Å². The number of aromatic nitrogens is 2. The lowest BCUT2D eigenvalue weighted by Gasteiger charge is -2.11. The van der Waals surface area contributed by atoms with Gasteiger partial charge in [0.05, 0.1) is 10.6 Å². The van der Waals surface area contributed by atoms with Crippen molar-refractivity contribution in [1.29, 1.82) is 0 Å². The molecule has 2 rings (SSSR count). The highest BCUT2D eigenvalue weighted by atomic mass is 32.2.